The molecule has 1 aromatic rings. The molecular weight excluding hydrogens is 262 g/mol. The van der Waals surface area contributed by atoms with E-state index in [9.17, 15) is 0 Å². The Morgan fingerprint density at radius 3 is 2.52 bits per heavy atom. The van der Waals surface area contributed by atoms with Gasteiger partial charge in [-0.1, -0.05) is 20.8 Å². The molecule has 1 unspecified atom stereocenters. The number of hydrogen-bond donors (Lipinski definition) is 3. The minimum Gasteiger partial charge on any atom is -0.494 e. The molecule has 4 heteroatoms. The fraction of sp³-hybridized carbons (Fsp3) is 0.588. The quantitative estimate of drug-likeness (QED) is 0.605. The van der Waals surface area contributed by atoms with Crippen molar-refractivity contribution in [2.75, 3.05) is 25.5 Å². The lowest BCUT2D eigenvalue weighted by molar-refractivity contribution is 0.340. The number of rotatable bonds is 9. The molecule has 0 radical (unpaired) electrons. The second-order valence-electron chi connectivity index (χ2n) is 4.47. The van der Waals surface area contributed by atoms with Gasteiger partial charge in [-0.3, -0.25) is 0 Å². The van der Waals surface area contributed by atoms with E-state index >= 15 is 0 Å². The van der Waals surface area contributed by atoms with Gasteiger partial charge in [0.1, 0.15) is 5.75 Å². The Hall–Kier alpha value is -1.55. The van der Waals surface area contributed by atoms with Crippen molar-refractivity contribution >= 4 is 11.9 Å². The van der Waals surface area contributed by atoms with E-state index in [1.165, 1.54) is 6.21 Å². The second-order valence-corrected chi connectivity index (χ2v) is 4.47. The fourth-order valence-electron chi connectivity index (χ4n) is 1.96. The van der Waals surface area contributed by atoms with Crippen molar-refractivity contribution in [2.45, 2.75) is 46.6 Å². The third kappa shape index (κ3) is 7.14. The summed E-state index contributed by atoms with van der Waals surface area (Å²) in [5.74, 6) is 0.815. The van der Waals surface area contributed by atoms with Crippen LogP contribution in [-0.4, -0.2) is 32.5 Å². The molecule has 4 nitrogen and oxygen atoms in total. The van der Waals surface area contributed by atoms with E-state index in [1.54, 1.807) is 0 Å². The molecule has 0 amide bonds. The van der Waals surface area contributed by atoms with E-state index < -0.39 is 0 Å². The third-order valence-electron chi connectivity index (χ3n) is 3.08. The summed E-state index contributed by atoms with van der Waals surface area (Å²) in [6.45, 7) is 9.76. The summed E-state index contributed by atoms with van der Waals surface area (Å²) in [7, 11) is 1.96. The summed E-state index contributed by atoms with van der Waals surface area (Å²) in [4.78, 5) is 0. The molecule has 0 aliphatic heterocycles. The lowest BCUT2D eigenvalue weighted by Crippen LogP contribution is -2.24. The van der Waals surface area contributed by atoms with Gasteiger partial charge in [0.05, 0.1) is 6.61 Å². The maximum Gasteiger partial charge on any atom is 0.120 e. The summed E-state index contributed by atoms with van der Waals surface area (Å²) in [6, 6.07) is 6.27. The van der Waals surface area contributed by atoms with Crippen LogP contribution < -0.4 is 15.4 Å². The highest BCUT2D eigenvalue weighted by molar-refractivity contribution is 5.86. The number of benzene rings is 1. The van der Waals surface area contributed by atoms with E-state index in [1.807, 2.05) is 46.0 Å². The van der Waals surface area contributed by atoms with Crippen molar-refractivity contribution in [3.63, 3.8) is 0 Å². The van der Waals surface area contributed by atoms with Crippen molar-refractivity contribution in [2.24, 2.45) is 0 Å². The van der Waals surface area contributed by atoms with Crippen LogP contribution in [0.4, 0.5) is 5.69 Å². The van der Waals surface area contributed by atoms with Crippen LogP contribution in [0.25, 0.3) is 0 Å². The summed E-state index contributed by atoms with van der Waals surface area (Å²) >= 11 is 0. The van der Waals surface area contributed by atoms with Crippen LogP contribution in [0.1, 0.15) is 46.1 Å². The Morgan fingerprint density at radius 1 is 1.29 bits per heavy atom. The SMILES string of the molecule is CC.CCOc1ccc(NC(CC)CCNC)c(C=N)c1. The minimum absolute atomic E-state index is 0.420. The Labute approximate surface area is 129 Å². The van der Waals surface area contributed by atoms with Crippen LogP contribution in [0.5, 0.6) is 5.75 Å². The monoisotopic (exact) mass is 293 g/mol. The summed E-state index contributed by atoms with van der Waals surface area (Å²) in [5, 5.41) is 14.2. The first-order valence-electron chi connectivity index (χ1n) is 7.93. The van der Waals surface area contributed by atoms with Crippen molar-refractivity contribution < 1.29 is 4.74 Å². The Bertz CT molecular complexity index is 394. The number of ether oxygens (including phenoxy) is 1. The van der Waals surface area contributed by atoms with Gasteiger partial charge in [-0.05, 0) is 51.6 Å². The van der Waals surface area contributed by atoms with E-state index in [0.29, 0.717) is 12.6 Å². The van der Waals surface area contributed by atoms with Gasteiger partial charge in [0.25, 0.3) is 0 Å². The van der Waals surface area contributed by atoms with Gasteiger partial charge >= 0.3 is 0 Å². The van der Waals surface area contributed by atoms with Crippen LogP contribution in [0.2, 0.25) is 0 Å². The van der Waals surface area contributed by atoms with Crippen LogP contribution >= 0.6 is 0 Å². The predicted octanol–water partition coefficient (Wildman–Crippen LogP) is 3.91. The predicted molar refractivity (Wildman–Crippen MR) is 93.1 cm³/mol. The van der Waals surface area contributed by atoms with Crippen molar-refractivity contribution in [1.29, 1.82) is 5.41 Å². The summed E-state index contributed by atoms with van der Waals surface area (Å²) < 4.78 is 5.46. The molecule has 1 aromatic carbocycles. The third-order valence-corrected chi connectivity index (χ3v) is 3.08. The summed E-state index contributed by atoms with van der Waals surface area (Å²) in [6.07, 6.45) is 3.50. The van der Waals surface area contributed by atoms with Gasteiger partial charge in [0.2, 0.25) is 0 Å². The molecule has 0 spiro atoms. The van der Waals surface area contributed by atoms with Gasteiger partial charge in [-0.15, -0.1) is 0 Å². The smallest absolute Gasteiger partial charge is 0.120 e. The molecule has 0 heterocycles. The topological polar surface area (TPSA) is 57.1 Å². The van der Waals surface area contributed by atoms with Gasteiger partial charge in [0.15, 0.2) is 0 Å². The van der Waals surface area contributed by atoms with Crippen molar-refractivity contribution in [1.82, 2.24) is 5.32 Å². The molecule has 0 aliphatic rings. The normalized spacial score (nSPS) is 11.1. The molecule has 120 valence electrons. The summed E-state index contributed by atoms with van der Waals surface area (Å²) in [5.41, 5.74) is 1.87. The number of hydrogen-bond acceptors (Lipinski definition) is 4. The fourth-order valence-corrected chi connectivity index (χ4v) is 1.96. The number of anilines is 1. The standard InChI is InChI=1S/C15H25N3O.C2H6/c1-4-13(8-9-17-3)18-15-7-6-14(19-5-2)10-12(15)11-16;1-2/h6-7,10-11,13,16-18H,4-5,8-9H2,1-3H3;1-2H3. The molecule has 0 aliphatic carbocycles. The Kier molecular flexibility index (Phi) is 11.3. The highest BCUT2D eigenvalue weighted by Crippen LogP contribution is 2.22. The molecule has 0 saturated heterocycles. The van der Waals surface area contributed by atoms with Crippen molar-refractivity contribution in [3.8, 4) is 5.75 Å². The largest absolute Gasteiger partial charge is 0.494 e. The van der Waals surface area contributed by atoms with Crippen LogP contribution in [-0.2, 0) is 0 Å². The average molecular weight is 293 g/mol. The molecule has 21 heavy (non-hydrogen) atoms. The molecule has 0 bridgehead atoms. The van der Waals surface area contributed by atoms with Gasteiger partial charge in [0, 0.05) is 23.5 Å². The maximum absolute atomic E-state index is 7.52. The first-order valence-corrected chi connectivity index (χ1v) is 7.93. The van der Waals surface area contributed by atoms with Crippen LogP contribution in [0.15, 0.2) is 18.2 Å². The van der Waals surface area contributed by atoms with Gasteiger partial charge < -0.3 is 20.8 Å². The zero-order valence-corrected chi connectivity index (χ0v) is 14.1. The first-order chi connectivity index (χ1) is 10.2. The second kappa shape index (κ2) is 12.2. The zero-order chi connectivity index (χ0) is 16.1. The highest BCUT2D eigenvalue weighted by Gasteiger charge is 2.08. The van der Waals surface area contributed by atoms with Crippen molar-refractivity contribution in [3.05, 3.63) is 23.8 Å². The molecular formula is C17H31N3O. The maximum atomic E-state index is 7.52. The molecule has 3 N–H and O–H groups in total. The van der Waals surface area contributed by atoms with E-state index in [2.05, 4.69) is 17.6 Å². The van der Waals surface area contributed by atoms with Gasteiger partial charge in [-0.25, -0.2) is 0 Å². The molecule has 1 rings (SSSR count). The molecule has 0 aromatic heterocycles. The molecule has 0 fully saturated rings. The van der Waals surface area contributed by atoms with Crippen LogP contribution in [0.3, 0.4) is 0 Å². The molecule has 1 atom stereocenters. The first kappa shape index (κ1) is 19.4. The lowest BCUT2D eigenvalue weighted by atomic mass is 10.1. The van der Waals surface area contributed by atoms with E-state index in [4.69, 9.17) is 10.1 Å². The highest BCUT2D eigenvalue weighted by atomic mass is 16.5. The zero-order valence-electron chi connectivity index (χ0n) is 14.1. The van der Waals surface area contributed by atoms with E-state index in [-0.39, 0.29) is 0 Å². The lowest BCUT2D eigenvalue weighted by Gasteiger charge is -2.20. The Morgan fingerprint density at radius 2 is 2.00 bits per heavy atom. The van der Waals surface area contributed by atoms with Gasteiger partial charge in [-0.2, -0.15) is 0 Å². The van der Waals surface area contributed by atoms with Crippen LogP contribution in [0, 0.1) is 5.41 Å². The average Bonchev–Trinajstić information content (AvgIpc) is 2.54. The molecule has 0 saturated carbocycles. The Balaban J connectivity index is 0.00000191. The van der Waals surface area contributed by atoms with E-state index in [0.717, 1.165) is 36.4 Å². The minimum atomic E-state index is 0.420. The number of nitrogens with one attached hydrogen (secondary N) is 3.